The Kier molecular flexibility index (Phi) is 2.71. The first-order valence-corrected chi connectivity index (χ1v) is 5.50. The average molecular weight is 222 g/mol. The predicted octanol–water partition coefficient (Wildman–Crippen LogP) is 0.244. The van der Waals surface area contributed by atoms with Gasteiger partial charge in [0.2, 0.25) is 0 Å². The van der Waals surface area contributed by atoms with Crippen molar-refractivity contribution >= 4 is 5.91 Å². The summed E-state index contributed by atoms with van der Waals surface area (Å²) in [5.74, 6) is 0.0644. The molecule has 0 aromatic carbocycles. The highest BCUT2D eigenvalue weighted by atomic mass is 16.2. The van der Waals surface area contributed by atoms with Crippen LogP contribution in [0.5, 0.6) is 0 Å². The van der Waals surface area contributed by atoms with Gasteiger partial charge >= 0.3 is 0 Å². The molecule has 0 saturated carbocycles. The topological polar surface area (TPSA) is 50.2 Å². The SMILES string of the molecule is Cn1cncc1C(=O)N1CCNC(C)(C)C1. The van der Waals surface area contributed by atoms with Gasteiger partial charge in [0.15, 0.2) is 0 Å². The molecule has 2 heterocycles. The van der Waals surface area contributed by atoms with Crippen LogP contribution in [0.15, 0.2) is 12.5 Å². The number of nitrogens with one attached hydrogen (secondary N) is 1. The molecule has 2 rings (SSSR count). The molecular weight excluding hydrogens is 204 g/mol. The first-order chi connectivity index (χ1) is 7.49. The van der Waals surface area contributed by atoms with Gasteiger partial charge in [0.25, 0.3) is 5.91 Å². The van der Waals surface area contributed by atoms with Gasteiger partial charge < -0.3 is 14.8 Å². The molecule has 5 heteroatoms. The number of piperazine rings is 1. The van der Waals surface area contributed by atoms with E-state index in [1.807, 2.05) is 11.9 Å². The van der Waals surface area contributed by atoms with E-state index in [1.54, 1.807) is 17.1 Å². The number of hydrogen-bond acceptors (Lipinski definition) is 3. The normalized spacial score (nSPS) is 19.8. The van der Waals surface area contributed by atoms with Crippen LogP contribution in [0.25, 0.3) is 0 Å². The molecule has 1 saturated heterocycles. The minimum Gasteiger partial charge on any atom is -0.334 e. The van der Waals surface area contributed by atoms with Gasteiger partial charge in [0.05, 0.1) is 12.5 Å². The monoisotopic (exact) mass is 222 g/mol. The lowest BCUT2D eigenvalue weighted by molar-refractivity contribution is 0.0642. The third-order valence-corrected chi connectivity index (χ3v) is 2.89. The molecule has 0 radical (unpaired) electrons. The van der Waals surface area contributed by atoms with E-state index >= 15 is 0 Å². The van der Waals surface area contributed by atoms with Gasteiger partial charge in [0.1, 0.15) is 5.69 Å². The van der Waals surface area contributed by atoms with Gasteiger partial charge in [-0.05, 0) is 13.8 Å². The number of aryl methyl sites for hydroxylation is 1. The van der Waals surface area contributed by atoms with Crippen molar-refractivity contribution in [2.75, 3.05) is 19.6 Å². The van der Waals surface area contributed by atoms with E-state index in [9.17, 15) is 4.79 Å². The third-order valence-electron chi connectivity index (χ3n) is 2.89. The Morgan fingerprint density at radius 1 is 1.56 bits per heavy atom. The molecule has 0 bridgehead atoms. The lowest BCUT2D eigenvalue weighted by Gasteiger charge is -2.39. The van der Waals surface area contributed by atoms with E-state index in [0.29, 0.717) is 5.69 Å². The molecule has 1 aromatic heterocycles. The van der Waals surface area contributed by atoms with Crippen LogP contribution in [0, 0.1) is 0 Å². The molecular formula is C11H18N4O. The summed E-state index contributed by atoms with van der Waals surface area (Å²) in [7, 11) is 1.84. The maximum absolute atomic E-state index is 12.2. The van der Waals surface area contributed by atoms with Crippen LogP contribution in [-0.2, 0) is 7.05 Å². The molecule has 16 heavy (non-hydrogen) atoms. The Bertz CT molecular complexity index is 396. The fourth-order valence-electron chi connectivity index (χ4n) is 2.04. The van der Waals surface area contributed by atoms with Crippen LogP contribution in [0.4, 0.5) is 0 Å². The summed E-state index contributed by atoms with van der Waals surface area (Å²) in [6, 6.07) is 0. The Labute approximate surface area is 95.5 Å². The quantitative estimate of drug-likeness (QED) is 0.740. The molecule has 1 N–H and O–H groups in total. The van der Waals surface area contributed by atoms with E-state index in [4.69, 9.17) is 0 Å². The highest BCUT2D eigenvalue weighted by molar-refractivity contribution is 5.92. The largest absolute Gasteiger partial charge is 0.334 e. The molecule has 1 fully saturated rings. The smallest absolute Gasteiger partial charge is 0.272 e. The number of carbonyl (C=O) groups is 1. The summed E-state index contributed by atoms with van der Waals surface area (Å²) in [4.78, 5) is 18.1. The van der Waals surface area contributed by atoms with E-state index in [0.717, 1.165) is 19.6 Å². The summed E-state index contributed by atoms with van der Waals surface area (Å²) in [5.41, 5.74) is 0.643. The van der Waals surface area contributed by atoms with Gasteiger partial charge in [-0.15, -0.1) is 0 Å². The van der Waals surface area contributed by atoms with Crippen LogP contribution >= 0.6 is 0 Å². The maximum Gasteiger partial charge on any atom is 0.272 e. The van der Waals surface area contributed by atoms with Crippen LogP contribution in [-0.4, -0.2) is 45.5 Å². The molecule has 0 atom stereocenters. The Balaban J connectivity index is 2.14. The zero-order chi connectivity index (χ0) is 11.8. The number of hydrogen-bond donors (Lipinski definition) is 1. The molecule has 1 aromatic rings. The minimum absolute atomic E-state index is 0.00744. The van der Waals surface area contributed by atoms with E-state index in [2.05, 4.69) is 24.1 Å². The molecule has 0 unspecified atom stereocenters. The highest BCUT2D eigenvalue weighted by Crippen LogP contribution is 2.13. The highest BCUT2D eigenvalue weighted by Gasteiger charge is 2.29. The summed E-state index contributed by atoms with van der Waals surface area (Å²) in [5, 5.41) is 3.39. The van der Waals surface area contributed by atoms with Crippen LogP contribution < -0.4 is 5.32 Å². The van der Waals surface area contributed by atoms with E-state index in [1.165, 1.54) is 0 Å². The van der Waals surface area contributed by atoms with Crippen molar-refractivity contribution in [1.29, 1.82) is 0 Å². The van der Waals surface area contributed by atoms with Crippen molar-refractivity contribution in [3.63, 3.8) is 0 Å². The summed E-state index contributed by atoms with van der Waals surface area (Å²) in [6.45, 7) is 6.55. The number of aromatic nitrogens is 2. The van der Waals surface area contributed by atoms with Crippen molar-refractivity contribution in [2.24, 2.45) is 7.05 Å². The molecule has 1 aliphatic heterocycles. The van der Waals surface area contributed by atoms with Crippen molar-refractivity contribution in [2.45, 2.75) is 19.4 Å². The Morgan fingerprint density at radius 3 is 2.88 bits per heavy atom. The molecule has 1 aliphatic rings. The molecule has 0 spiro atoms. The van der Waals surface area contributed by atoms with Gasteiger partial charge in [-0.25, -0.2) is 4.98 Å². The summed E-state index contributed by atoms with van der Waals surface area (Å²) in [6.07, 6.45) is 3.28. The summed E-state index contributed by atoms with van der Waals surface area (Å²) >= 11 is 0. The van der Waals surface area contributed by atoms with Crippen LogP contribution in [0.1, 0.15) is 24.3 Å². The molecule has 0 aliphatic carbocycles. The minimum atomic E-state index is -0.00744. The van der Waals surface area contributed by atoms with Crippen molar-refractivity contribution < 1.29 is 4.79 Å². The van der Waals surface area contributed by atoms with Crippen LogP contribution in [0.3, 0.4) is 0 Å². The van der Waals surface area contributed by atoms with Gasteiger partial charge in [-0.2, -0.15) is 0 Å². The van der Waals surface area contributed by atoms with Crippen LogP contribution in [0.2, 0.25) is 0 Å². The first-order valence-electron chi connectivity index (χ1n) is 5.50. The van der Waals surface area contributed by atoms with Gasteiger partial charge in [-0.3, -0.25) is 4.79 Å². The van der Waals surface area contributed by atoms with E-state index in [-0.39, 0.29) is 11.4 Å². The van der Waals surface area contributed by atoms with Crippen molar-refractivity contribution in [3.05, 3.63) is 18.2 Å². The zero-order valence-corrected chi connectivity index (χ0v) is 10.0. The standard InChI is InChI=1S/C11H18N4O/c1-11(2)7-15(5-4-13-11)10(16)9-6-12-8-14(9)3/h6,8,13H,4-5,7H2,1-3H3. The fraction of sp³-hybridized carbons (Fsp3) is 0.636. The Morgan fingerprint density at radius 2 is 2.31 bits per heavy atom. The number of nitrogens with zero attached hydrogens (tertiary/aromatic N) is 3. The second-order valence-electron chi connectivity index (χ2n) is 4.93. The lowest BCUT2D eigenvalue weighted by atomic mass is 10.0. The molecule has 5 nitrogen and oxygen atoms in total. The van der Waals surface area contributed by atoms with Gasteiger partial charge in [-0.1, -0.05) is 0 Å². The van der Waals surface area contributed by atoms with E-state index < -0.39 is 0 Å². The lowest BCUT2D eigenvalue weighted by Crippen LogP contribution is -2.58. The fourth-order valence-corrected chi connectivity index (χ4v) is 2.04. The number of amides is 1. The number of rotatable bonds is 1. The number of imidazole rings is 1. The second kappa shape index (κ2) is 3.90. The third kappa shape index (κ3) is 2.09. The van der Waals surface area contributed by atoms with Crippen molar-refractivity contribution in [3.8, 4) is 0 Å². The summed E-state index contributed by atoms with van der Waals surface area (Å²) < 4.78 is 1.76. The van der Waals surface area contributed by atoms with Crippen molar-refractivity contribution in [1.82, 2.24) is 19.8 Å². The average Bonchev–Trinajstić information content (AvgIpc) is 2.62. The second-order valence-corrected chi connectivity index (χ2v) is 4.93. The predicted molar refractivity (Wildman–Crippen MR) is 61.2 cm³/mol. The molecule has 88 valence electrons. The maximum atomic E-state index is 12.2. The zero-order valence-electron chi connectivity index (χ0n) is 10.0. The first kappa shape index (κ1) is 11.1. The Hall–Kier alpha value is -1.36. The molecule has 1 amide bonds. The number of carbonyl (C=O) groups excluding carboxylic acids is 1. The van der Waals surface area contributed by atoms with Gasteiger partial charge in [0, 0.05) is 32.2 Å².